The lowest BCUT2D eigenvalue weighted by Gasteiger charge is -2.49. The largest absolute Gasteiger partial charge is 0.283 e. The highest BCUT2D eigenvalue weighted by atomic mass is 15.2. The summed E-state index contributed by atoms with van der Waals surface area (Å²) in [4.78, 5) is 2.34. The third-order valence-corrected chi connectivity index (χ3v) is 3.26. The zero-order valence-electron chi connectivity index (χ0n) is 10.1. The summed E-state index contributed by atoms with van der Waals surface area (Å²) in [5.74, 6) is 0. The molecule has 1 atom stereocenters. The minimum absolute atomic E-state index is 0.0660. The van der Waals surface area contributed by atoms with E-state index in [-0.39, 0.29) is 17.0 Å². The summed E-state index contributed by atoms with van der Waals surface area (Å²) >= 11 is 0. The van der Waals surface area contributed by atoms with Gasteiger partial charge in [0.2, 0.25) is 0 Å². The Hall–Kier alpha value is -0.550. The molecule has 0 amide bonds. The fourth-order valence-corrected chi connectivity index (χ4v) is 2.36. The van der Waals surface area contributed by atoms with E-state index in [0.29, 0.717) is 0 Å². The van der Waals surface area contributed by atoms with Crippen molar-refractivity contribution in [1.29, 1.82) is 5.26 Å². The smallest absolute Gasteiger partial charge is 0.103 e. The highest BCUT2D eigenvalue weighted by molar-refractivity contribution is 5.06. The molecule has 2 nitrogen and oxygen atoms in total. The van der Waals surface area contributed by atoms with Crippen molar-refractivity contribution in [1.82, 2.24) is 4.90 Å². The van der Waals surface area contributed by atoms with Gasteiger partial charge in [0.25, 0.3) is 0 Å². The van der Waals surface area contributed by atoms with Gasteiger partial charge in [-0.1, -0.05) is 13.8 Å². The van der Waals surface area contributed by atoms with Crippen molar-refractivity contribution in [2.24, 2.45) is 5.41 Å². The van der Waals surface area contributed by atoms with Crippen LogP contribution in [0.5, 0.6) is 0 Å². The van der Waals surface area contributed by atoms with Crippen LogP contribution in [0.3, 0.4) is 0 Å². The Kier molecular flexibility index (Phi) is 2.92. The van der Waals surface area contributed by atoms with Crippen LogP contribution in [0.1, 0.15) is 47.5 Å². The first kappa shape index (κ1) is 11.5. The van der Waals surface area contributed by atoms with Gasteiger partial charge < -0.3 is 0 Å². The lowest BCUT2D eigenvalue weighted by atomic mass is 9.75. The van der Waals surface area contributed by atoms with E-state index in [1.165, 1.54) is 6.42 Å². The van der Waals surface area contributed by atoms with E-state index in [1.807, 2.05) is 0 Å². The minimum Gasteiger partial charge on any atom is -0.283 e. The van der Waals surface area contributed by atoms with Crippen LogP contribution in [0, 0.1) is 16.7 Å². The number of hydrogen-bond acceptors (Lipinski definition) is 2. The second-order valence-electron chi connectivity index (χ2n) is 5.99. The van der Waals surface area contributed by atoms with Gasteiger partial charge in [-0.3, -0.25) is 4.90 Å². The molecular formula is C12H22N2. The third kappa shape index (κ3) is 2.09. The van der Waals surface area contributed by atoms with Crippen molar-refractivity contribution in [2.45, 2.75) is 59.0 Å². The Morgan fingerprint density at radius 2 is 1.93 bits per heavy atom. The Morgan fingerprint density at radius 1 is 1.36 bits per heavy atom. The van der Waals surface area contributed by atoms with Crippen molar-refractivity contribution in [3.63, 3.8) is 0 Å². The first-order valence-electron chi connectivity index (χ1n) is 5.45. The second-order valence-corrected chi connectivity index (χ2v) is 5.99. The lowest BCUT2D eigenvalue weighted by Crippen LogP contribution is -2.56. The van der Waals surface area contributed by atoms with Gasteiger partial charge in [-0.2, -0.15) is 5.26 Å². The van der Waals surface area contributed by atoms with Gasteiger partial charge in [0.15, 0.2) is 0 Å². The fourth-order valence-electron chi connectivity index (χ4n) is 2.36. The molecule has 0 spiro atoms. The SMILES string of the molecule is CC1(C)CCCN(C(C)(C)C)C1C#N. The number of rotatable bonds is 0. The average Bonchev–Trinajstić information content (AvgIpc) is 2.00. The predicted molar refractivity (Wildman–Crippen MR) is 58.9 cm³/mol. The topological polar surface area (TPSA) is 27.0 Å². The third-order valence-electron chi connectivity index (χ3n) is 3.26. The van der Waals surface area contributed by atoms with Crippen molar-refractivity contribution in [3.8, 4) is 6.07 Å². The van der Waals surface area contributed by atoms with Crippen molar-refractivity contribution in [3.05, 3.63) is 0 Å². The molecule has 14 heavy (non-hydrogen) atoms. The number of piperidine rings is 1. The number of nitrogens with zero attached hydrogens (tertiary/aromatic N) is 2. The first-order chi connectivity index (χ1) is 6.29. The molecule has 0 bridgehead atoms. The molecule has 1 rings (SSSR count). The zero-order valence-corrected chi connectivity index (χ0v) is 10.1. The van der Waals surface area contributed by atoms with Crippen molar-refractivity contribution in [2.75, 3.05) is 6.54 Å². The maximum atomic E-state index is 9.27. The van der Waals surface area contributed by atoms with Crippen molar-refractivity contribution >= 4 is 0 Å². The Balaban J connectivity index is 2.92. The van der Waals surface area contributed by atoms with Crippen LogP contribution in [0.4, 0.5) is 0 Å². The van der Waals surface area contributed by atoms with E-state index >= 15 is 0 Å². The predicted octanol–water partition coefficient (Wildman–Crippen LogP) is 2.80. The van der Waals surface area contributed by atoms with Crippen molar-refractivity contribution < 1.29 is 0 Å². The molecule has 0 aromatic heterocycles. The van der Waals surface area contributed by atoms with Gasteiger partial charge in [-0.05, 0) is 45.6 Å². The molecule has 1 aliphatic rings. The standard InChI is InChI=1S/C12H22N2/c1-11(2,3)14-8-6-7-12(4,5)10(14)9-13/h10H,6-8H2,1-5H3. The maximum Gasteiger partial charge on any atom is 0.103 e. The van der Waals surface area contributed by atoms with E-state index < -0.39 is 0 Å². The molecule has 0 aromatic carbocycles. The highest BCUT2D eigenvalue weighted by Gasteiger charge is 2.41. The fraction of sp³-hybridized carbons (Fsp3) is 0.917. The maximum absolute atomic E-state index is 9.27. The van der Waals surface area contributed by atoms with Gasteiger partial charge in [0, 0.05) is 5.54 Å². The highest BCUT2D eigenvalue weighted by Crippen LogP contribution is 2.37. The quantitative estimate of drug-likeness (QED) is 0.593. The van der Waals surface area contributed by atoms with Crippen LogP contribution < -0.4 is 0 Å². The Bertz CT molecular complexity index is 242. The molecule has 0 aliphatic carbocycles. The van der Waals surface area contributed by atoms with Crippen LogP contribution in [0.25, 0.3) is 0 Å². The molecule has 1 unspecified atom stereocenters. The van der Waals surface area contributed by atoms with Gasteiger partial charge in [0.1, 0.15) is 6.04 Å². The summed E-state index contributed by atoms with van der Waals surface area (Å²) in [5.41, 5.74) is 0.248. The van der Waals surface area contributed by atoms with E-state index in [9.17, 15) is 5.26 Å². The minimum atomic E-state index is 0.0660. The molecule has 1 aliphatic heterocycles. The molecule has 1 saturated heterocycles. The van der Waals surface area contributed by atoms with Crippen LogP contribution in [0.15, 0.2) is 0 Å². The summed E-state index contributed by atoms with van der Waals surface area (Å²) < 4.78 is 0. The summed E-state index contributed by atoms with van der Waals surface area (Å²) in [6.45, 7) is 12.1. The summed E-state index contributed by atoms with van der Waals surface area (Å²) in [5, 5.41) is 9.27. The first-order valence-corrected chi connectivity index (χ1v) is 5.45. The molecule has 0 N–H and O–H groups in total. The molecule has 2 heteroatoms. The lowest BCUT2D eigenvalue weighted by molar-refractivity contribution is 0.00599. The molecule has 80 valence electrons. The van der Waals surface area contributed by atoms with Gasteiger partial charge in [-0.25, -0.2) is 0 Å². The van der Waals surface area contributed by atoms with Crippen LogP contribution in [-0.2, 0) is 0 Å². The molecule has 1 heterocycles. The Morgan fingerprint density at radius 3 is 2.29 bits per heavy atom. The summed E-state index contributed by atoms with van der Waals surface area (Å²) in [7, 11) is 0. The van der Waals surface area contributed by atoms with Gasteiger partial charge in [0.05, 0.1) is 6.07 Å². The number of hydrogen-bond donors (Lipinski definition) is 0. The van der Waals surface area contributed by atoms with E-state index in [0.717, 1.165) is 13.0 Å². The molecule has 0 aromatic rings. The molecule has 0 radical (unpaired) electrons. The zero-order chi connectivity index (χ0) is 11.0. The number of likely N-dealkylation sites (tertiary alicyclic amines) is 1. The van der Waals surface area contributed by atoms with Gasteiger partial charge in [-0.15, -0.1) is 0 Å². The van der Waals surface area contributed by atoms with Crippen LogP contribution >= 0.6 is 0 Å². The summed E-state index contributed by atoms with van der Waals surface area (Å²) in [6, 6.07) is 2.54. The summed E-state index contributed by atoms with van der Waals surface area (Å²) in [6.07, 6.45) is 2.38. The normalized spacial score (nSPS) is 28.4. The van der Waals surface area contributed by atoms with E-state index in [1.54, 1.807) is 0 Å². The van der Waals surface area contributed by atoms with Gasteiger partial charge >= 0.3 is 0 Å². The average molecular weight is 194 g/mol. The number of nitriles is 1. The van der Waals surface area contributed by atoms with Crippen LogP contribution in [-0.4, -0.2) is 23.0 Å². The second kappa shape index (κ2) is 3.55. The Labute approximate surface area is 87.9 Å². The molecule has 1 fully saturated rings. The van der Waals surface area contributed by atoms with E-state index in [4.69, 9.17) is 0 Å². The monoisotopic (exact) mass is 194 g/mol. The van der Waals surface area contributed by atoms with Crippen LogP contribution in [0.2, 0.25) is 0 Å². The molecule has 0 saturated carbocycles. The van der Waals surface area contributed by atoms with E-state index in [2.05, 4.69) is 45.6 Å². The molecular weight excluding hydrogens is 172 g/mol.